The third-order valence-corrected chi connectivity index (χ3v) is 7.22. The molecule has 1 saturated heterocycles. The largest absolute Gasteiger partial charge is 0.508 e. The molecule has 5 nitrogen and oxygen atoms in total. The first kappa shape index (κ1) is 22.4. The smallest absolute Gasteiger partial charge is 0.174 e. The highest BCUT2D eigenvalue weighted by molar-refractivity contribution is 7.80. The van der Waals surface area contributed by atoms with Gasteiger partial charge in [-0.3, -0.25) is 4.98 Å². The van der Waals surface area contributed by atoms with Crippen LogP contribution in [-0.2, 0) is 0 Å². The van der Waals surface area contributed by atoms with Crippen LogP contribution in [0.5, 0.6) is 5.75 Å². The van der Waals surface area contributed by atoms with Crippen molar-refractivity contribution < 1.29 is 5.11 Å². The Kier molecular flexibility index (Phi) is 5.80. The quantitative estimate of drug-likeness (QED) is 0.328. The minimum absolute atomic E-state index is 0.133. The fraction of sp³-hybridized carbons (Fsp3) is 0.185. The average Bonchev–Trinajstić information content (AvgIpc) is 3.32. The molecule has 1 fully saturated rings. The van der Waals surface area contributed by atoms with Gasteiger partial charge >= 0.3 is 0 Å². The number of halogens is 1. The second-order valence-electron chi connectivity index (χ2n) is 8.56. The monoisotopic (exact) mass is 488 g/mol. The number of aryl methyl sites for hydroxylation is 1. The Morgan fingerprint density at radius 1 is 1.00 bits per heavy atom. The molecule has 0 unspecified atom stereocenters. The molecular formula is C27H25ClN4OS. The van der Waals surface area contributed by atoms with Gasteiger partial charge in [-0.05, 0) is 98.7 Å². The summed E-state index contributed by atoms with van der Waals surface area (Å²) in [5.41, 5.74) is 7.29. The molecule has 2 atom stereocenters. The fourth-order valence-electron chi connectivity index (χ4n) is 4.86. The predicted molar refractivity (Wildman–Crippen MR) is 141 cm³/mol. The Bertz CT molecular complexity index is 1370. The van der Waals surface area contributed by atoms with Crippen LogP contribution in [0.4, 0.5) is 5.69 Å². The molecule has 0 bridgehead atoms. The van der Waals surface area contributed by atoms with Crippen LogP contribution in [0.3, 0.4) is 0 Å². The van der Waals surface area contributed by atoms with Crippen molar-refractivity contribution in [2.24, 2.45) is 0 Å². The van der Waals surface area contributed by atoms with Gasteiger partial charge in [0.2, 0.25) is 0 Å². The SMILES string of the molecule is Cc1c(Cl)cccc1-n1c(C)cc([C@@H]2[C@H](c3ccccn3)NC(=S)N2c2ccc(O)cc2)c1C. The summed E-state index contributed by atoms with van der Waals surface area (Å²) in [5.74, 6) is 0.217. The van der Waals surface area contributed by atoms with Crippen LogP contribution in [0.1, 0.15) is 40.3 Å². The number of phenolic OH excluding ortho intramolecular Hbond substituents is 1. The van der Waals surface area contributed by atoms with Crippen LogP contribution < -0.4 is 10.2 Å². The zero-order valence-electron chi connectivity index (χ0n) is 19.2. The number of hydrogen-bond donors (Lipinski definition) is 2. The summed E-state index contributed by atoms with van der Waals surface area (Å²) in [5, 5.41) is 14.7. The summed E-state index contributed by atoms with van der Waals surface area (Å²) in [6, 6.07) is 21.0. The number of nitrogens with one attached hydrogen (secondary N) is 1. The number of pyridine rings is 1. The highest BCUT2D eigenvalue weighted by Gasteiger charge is 2.42. The molecule has 0 aliphatic carbocycles. The van der Waals surface area contributed by atoms with Crippen molar-refractivity contribution in [3.8, 4) is 11.4 Å². The normalized spacial score (nSPS) is 17.8. The number of thiocarbonyl (C=S) groups is 1. The van der Waals surface area contributed by atoms with E-state index in [0.717, 1.165) is 44.6 Å². The Morgan fingerprint density at radius 2 is 1.76 bits per heavy atom. The molecule has 0 radical (unpaired) electrons. The van der Waals surface area contributed by atoms with E-state index in [0.29, 0.717) is 5.11 Å². The van der Waals surface area contributed by atoms with E-state index < -0.39 is 0 Å². The van der Waals surface area contributed by atoms with Gasteiger partial charge < -0.3 is 19.9 Å². The Hall–Kier alpha value is -3.35. The summed E-state index contributed by atoms with van der Waals surface area (Å²) in [7, 11) is 0. The van der Waals surface area contributed by atoms with Crippen molar-refractivity contribution in [3.63, 3.8) is 0 Å². The molecule has 1 aliphatic rings. The van der Waals surface area contributed by atoms with Gasteiger partial charge in [0, 0.05) is 34.0 Å². The van der Waals surface area contributed by atoms with Crippen molar-refractivity contribution in [3.05, 3.63) is 106 Å². The van der Waals surface area contributed by atoms with E-state index in [1.54, 1.807) is 18.3 Å². The van der Waals surface area contributed by atoms with Gasteiger partial charge in [-0.25, -0.2) is 0 Å². The molecule has 2 N–H and O–H groups in total. The van der Waals surface area contributed by atoms with Gasteiger partial charge in [0.25, 0.3) is 0 Å². The summed E-state index contributed by atoms with van der Waals surface area (Å²) >= 11 is 12.3. The van der Waals surface area contributed by atoms with Gasteiger partial charge in [-0.15, -0.1) is 0 Å². The fourth-order valence-corrected chi connectivity index (χ4v) is 5.37. The molecular weight excluding hydrogens is 464 g/mol. The topological polar surface area (TPSA) is 53.3 Å². The maximum atomic E-state index is 9.85. The van der Waals surface area contributed by atoms with Crippen LogP contribution >= 0.6 is 23.8 Å². The molecule has 1 aliphatic heterocycles. The van der Waals surface area contributed by atoms with Crippen LogP contribution in [-0.4, -0.2) is 19.8 Å². The van der Waals surface area contributed by atoms with Crippen molar-refractivity contribution in [2.45, 2.75) is 32.9 Å². The maximum absolute atomic E-state index is 9.85. The Labute approximate surface area is 209 Å². The van der Waals surface area contributed by atoms with Crippen LogP contribution in [0.15, 0.2) is 72.9 Å². The number of benzene rings is 2. The first-order chi connectivity index (χ1) is 16.4. The van der Waals surface area contributed by atoms with Crippen LogP contribution in [0.25, 0.3) is 5.69 Å². The first-order valence-corrected chi connectivity index (χ1v) is 11.9. The average molecular weight is 489 g/mol. The molecule has 2 aromatic heterocycles. The molecule has 4 aromatic rings. The van der Waals surface area contributed by atoms with Crippen molar-refractivity contribution >= 4 is 34.6 Å². The second-order valence-corrected chi connectivity index (χ2v) is 9.35. The minimum atomic E-state index is -0.142. The van der Waals surface area contributed by atoms with E-state index in [1.165, 1.54) is 0 Å². The predicted octanol–water partition coefficient (Wildman–Crippen LogP) is 6.33. The van der Waals surface area contributed by atoms with E-state index in [-0.39, 0.29) is 17.8 Å². The molecule has 172 valence electrons. The summed E-state index contributed by atoms with van der Waals surface area (Å²) in [6.07, 6.45) is 1.80. The summed E-state index contributed by atoms with van der Waals surface area (Å²) < 4.78 is 2.25. The standard InChI is InChI=1S/C27H25ClN4OS/c1-16-15-21(18(3)31(16)24-9-6-7-22(28)17(24)2)26-25(23-8-4-5-14-29-23)30-27(34)32(26)19-10-12-20(33)13-11-19/h4-15,25-26,33H,1-3H3,(H,30,34)/t25-,26+/m0/s1. The van der Waals surface area contributed by atoms with E-state index in [9.17, 15) is 5.11 Å². The maximum Gasteiger partial charge on any atom is 0.174 e. The summed E-state index contributed by atoms with van der Waals surface area (Å²) in [6.45, 7) is 6.29. The molecule has 0 amide bonds. The van der Waals surface area contributed by atoms with Crippen LogP contribution in [0.2, 0.25) is 5.02 Å². The zero-order chi connectivity index (χ0) is 24.0. The van der Waals surface area contributed by atoms with Crippen molar-refractivity contribution in [1.29, 1.82) is 0 Å². The van der Waals surface area contributed by atoms with Crippen LogP contribution in [0, 0.1) is 20.8 Å². The number of aromatic nitrogens is 2. The van der Waals surface area contributed by atoms with Gasteiger partial charge in [0.15, 0.2) is 5.11 Å². The van der Waals surface area contributed by atoms with Gasteiger partial charge in [-0.2, -0.15) is 0 Å². The van der Waals surface area contributed by atoms with Gasteiger partial charge in [0.05, 0.1) is 17.8 Å². The van der Waals surface area contributed by atoms with Gasteiger partial charge in [-0.1, -0.05) is 23.7 Å². The molecule has 0 saturated carbocycles. The molecule has 2 aromatic carbocycles. The highest BCUT2D eigenvalue weighted by atomic mass is 35.5. The Morgan fingerprint density at radius 3 is 2.47 bits per heavy atom. The number of hydrogen-bond acceptors (Lipinski definition) is 3. The molecule has 7 heteroatoms. The lowest BCUT2D eigenvalue weighted by Crippen LogP contribution is -2.29. The molecule has 0 spiro atoms. The Balaban J connectivity index is 1.70. The molecule has 34 heavy (non-hydrogen) atoms. The van der Waals surface area contributed by atoms with Crippen molar-refractivity contribution in [2.75, 3.05) is 4.90 Å². The summed E-state index contributed by atoms with van der Waals surface area (Å²) in [4.78, 5) is 6.76. The lowest BCUT2D eigenvalue weighted by Gasteiger charge is -2.28. The molecule has 5 rings (SSSR count). The van der Waals surface area contributed by atoms with E-state index in [4.69, 9.17) is 23.8 Å². The zero-order valence-corrected chi connectivity index (χ0v) is 20.7. The lowest BCUT2D eigenvalue weighted by atomic mass is 9.96. The third kappa shape index (κ3) is 3.73. The molecule has 3 heterocycles. The number of anilines is 1. The minimum Gasteiger partial charge on any atom is -0.508 e. The van der Waals surface area contributed by atoms with E-state index in [2.05, 4.69) is 45.7 Å². The van der Waals surface area contributed by atoms with E-state index >= 15 is 0 Å². The highest BCUT2D eigenvalue weighted by Crippen LogP contribution is 2.44. The first-order valence-electron chi connectivity index (χ1n) is 11.1. The third-order valence-electron chi connectivity index (χ3n) is 6.49. The lowest BCUT2D eigenvalue weighted by molar-refractivity contribution is 0.475. The second kappa shape index (κ2) is 8.78. The van der Waals surface area contributed by atoms with Gasteiger partial charge in [0.1, 0.15) is 5.75 Å². The number of rotatable bonds is 4. The van der Waals surface area contributed by atoms with E-state index in [1.807, 2.05) is 49.4 Å². The number of phenols is 1. The number of nitrogens with zero attached hydrogens (tertiary/aromatic N) is 3. The van der Waals surface area contributed by atoms with Crippen molar-refractivity contribution in [1.82, 2.24) is 14.9 Å². The number of aromatic hydroxyl groups is 1.